The highest BCUT2D eigenvalue weighted by Crippen LogP contribution is 2.22. The highest BCUT2D eigenvalue weighted by atomic mass is 16.5. The first-order valence-electron chi connectivity index (χ1n) is 5.49. The largest absolute Gasteiger partial charge is 0.508 e. The molecule has 0 bridgehead atoms. The Balaban J connectivity index is 2.23. The Morgan fingerprint density at radius 3 is 2.53 bits per heavy atom. The predicted molar refractivity (Wildman–Crippen MR) is 64.3 cm³/mol. The summed E-state index contributed by atoms with van der Waals surface area (Å²) in [6, 6.07) is 8.35. The van der Waals surface area contributed by atoms with E-state index in [0.717, 1.165) is 12.1 Å². The number of nitrogens with zero attached hydrogens (tertiary/aromatic N) is 2. The van der Waals surface area contributed by atoms with Gasteiger partial charge in [-0.1, -0.05) is 6.92 Å². The van der Waals surface area contributed by atoms with Crippen LogP contribution < -0.4 is 4.74 Å². The topological polar surface area (TPSA) is 55.2 Å². The zero-order chi connectivity index (χ0) is 12.3. The number of hydrogen-bond donors (Lipinski definition) is 1. The molecule has 1 aromatic heterocycles. The predicted octanol–water partition coefficient (Wildman–Crippen LogP) is 2.85. The maximum atomic E-state index is 9.17. The van der Waals surface area contributed by atoms with Crippen LogP contribution in [0, 0.1) is 6.92 Å². The number of hydrogen-bond acceptors (Lipinski definition) is 4. The first-order chi connectivity index (χ1) is 8.17. The van der Waals surface area contributed by atoms with Gasteiger partial charge in [-0.15, -0.1) is 0 Å². The Labute approximate surface area is 99.9 Å². The Hall–Kier alpha value is -2.10. The highest BCUT2D eigenvalue weighted by molar-refractivity contribution is 5.33. The molecule has 0 saturated carbocycles. The Morgan fingerprint density at radius 1 is 1.18 bits per heavy atom. The Bertz CT molecular complexity index is 509. The molecular weight excluding hydrogens is 216 g/mol. The standard InChI is InChI=1S/C13H14N2O2/c1-3-10-8-13(15-9(2)14-10)17-12-6-4-11(16)5-7-12/h4-8,16H,3H2,1-2H3. The van der Waals surface area contributed by atoms with Crippen LogP contribution in [0.2, 0.25) is 0 Å². The second-order valence-corrected chi connectivity index (χ2v) is 3.69. The highest BCUT2D eigenvalue weighted by Gasteiger charge is 2.03. The molecule has 4 heteroatoms. The van der Waals surface area contributed by atoms with Crippen molar-refractivity contribution in [2.45, 2.75) is 20.3 Å². The summed E-state index contributed by atoms with van der Waals surface area (Å²) in [5, 5.41) is 9.17. The van der Waals surface area contributed by atoms with Gasteiger partial charge in [0.2, 0.25) is 5.88 Å². The molecule has 88 valence electrons. The van der Waals surface area contributed by atoms with Gasteiger partial charge >= 0.3 is 0 Å². The SMILES string of the molecule is CCc1cc(Oc2ccc(O)cc2)nc(C)n1. The third kappa shape index (κ3) is 2.93. The van der Waals surface area contributed by atoms with Gasteiger partial charge < -0.3 is 9.84 Å². The van der Waals surface area contributed by atoms with Crippen molar-refractivity contribution in [3.63, 3.8) is 0 Å². The normalized spacial score (nSPS) is 10.2. The molecule has 1 heterocycles. The first-order valence-corrected chi connectivity index (χ1v) is 5.49. The number of ether oxygens (including phenoxy) is 1. The van der Waals surface area contributed by atoms with Crippen molar-refractivity contribution >= 4 is 0 Å². The first kappa shape index (κ1) is 11.4. The van der Waals surface area contributed by atoms with E-state index in [1.807, 2.05) is 19.9 Å². The van der Waals surface area contributed by atoms with Crippen LogP contribution in [0.15, 0.2) is 30.3 Å². The van der Waals surface area contributed by atoms with Crippen molar-refractivity contribution in [3.8, 4) is 17.4 Å². The van der Waals surface area contributed by atoms with Crippen molar-refractivity contribution < 1.29 is 9.84 Å². The van der Waals surface area contributed by atoms with Crippen LogP contribution in [0.1, 0.15) is 18.4 Å². The van der Waals surface area contributed by atoms with Crippen LogP contribution in [0.3, 0.4) is 0 Å². The van der Waals surface area contributed by atoms with Crippen LogP contribution in [0.4, 0.5) is 0 Å². The van der Waals surface area contributed by atoms with Gasteiger partial charge in [0, 0.05) is 11.8 Å². The summed E-state index contributed by atoms with van der Waals surface area (Å²) in [6.07, 6.45) is 0.843. The molecule has 0 aliphatic rings. The van der Waals surface area contributed by atoms with E-state index >= 15 is 0 Å². The minimum atomic E-state index is 0.213. The van der Waals surface area contributed by atoms with E-state index in [1.165, 1.54) is 0 Å². The average Bonchev–Trinajstić information content (AvgIpc) is 2.31. The summed E-state index contributed by atoms with van der Waals surface area (Å²) in [4.78, 5) is 8.48. The second kappa shape index (κ2) is 4.82. The zero-order valence-electron chi connectivity index (χ0n) is 9.84. The minimum absolute atomic E-state index is 0.213. The smallest absolute Gasteiger partial charge is 0.222 e. The molecule has 2 rings (SSSR count). The van der Waals surface area contributed by atoms with Crippen molar-refractivity contribution in [2.24, 2.45) is 0 Å². The Kier molecular flexibility index (Phi) is 3.23. The molecule has 0 amide bonds. The summed E-state index contributed by atoms with van der Waals surface area (Å²) in [5.74, 6) is 2.08. The summed E-state index contributed by atoms with van der Waals surface area (Å²) < 4.78 is 5.59. The van der Waals surface area contributed by atoms with Gasteiger partial charge in [0.1, 0.15) is 17.3 Å². The quantitative estimate of drug-likeness (QED) is 0.880. The third-order valence-corrected chi connectivity index (χ3v) is 2.29. The molecule has 0 unspecified atom stereocenters. The minimum Gasteiger partial charge on any atom is -0.508 e. The fraction of sp³-hybridized carbons (Fsp3) is 0.231. The molecular formula is C13H14N2O2. The number of benzene rings is 1. The van der Waals surface area contributed by atoms with Crippen LogP contribution >= 0.6 is 0 Å². The molecule has 0 aliphatic carbocycles. The number of aromatic hydroxyl groups is 1. The summed E-state index contributed by atoms with van der Waals surface area (Å²) in [7, 11) is 0. The number of rotatable bonds is 3. The molecule has 17 heavy (non-hydrogen) atoms. The molecule has 2 aromatic rings. The maximum Gasteiger partial charge on any atom is 0.222 e. The molecule has 1 N–H and O–H groups in total. The molecule has 0 spiro atoms. The van der Waals surface area contributed by atoms with Crippen molar-refractivity contribution in [3.05, 3.63) is 41.9 Å². The van der Waals surface area contributed by atoms with Gasteiger partial charge in [-0.3, -0.25) is 0 Å². The molecule has 4 nitrogen and oxygen atoms in total. The second-order valence-electron chi connectivity index (χ2n) is 3.69. The lowest BCUT2D eigenvalue weighted by molar-refractivity contribution is 0.451. The molecule has 1 aromatic carbocycles. The number of aromatic nitrogens is 2. The average molecular weight is 230 g/mol. The van der Waals surface area contributed by atoms with Gasteiger partial charge in [-0.05, 0) is 37.6 Å². The van der Waals surface area contributed by atoms with E-state index in [0.29, 0.717) is 17.5 Å². The van der Waals surface area contributed by atoms with E-state index in [2.05, 4.69) is 9.97 Å². The Morgan fingerprint density at radius 2 is 1.88 bits per heavy atom. The molecule has 0 saturated heterocycles. The fourth-order valence-corrected chi connectivity index (χ4v) is 1.47. The van der Waals surface area contributed by atoms with E-state index < -0.39 is 0 Å². The van der Waals surface area contributed by atoms with E-state index in [-0.39, 0.29) is 5.75 Å². The summed E-state index contributed by atoms with van der Waals surface area (Å²) >= 11 is 0. The van der Waals surface area contributed by atoms with Gasteiger partial charge in [0.05, 0.1) is 0 Å². The van der Waals surface area contributed by atoms with E-state index in [9.17, 15) is 0 Å². The summed E-state index contributed by atoms with van der Waals surface area (Å²) in [5.41, 5.74) is 0.950. The van der Waals surface area contributed by atoms with Crippen LogP contribution in [-0.2, 0) is 6.42 Å². The lowest BCUT2D eigenvalue weighted by Gasteiger charge is -2.06. The molecule has 0 atom stereocenters. The maximum absolute atomic E-state index is 9.17. The number of phenolic OH excluding ortho intramolecular Hbond substituents is 1. The van der Waals surface area contributed by atoms with Gasteiger partial charge in [-0.2, -0.15) is 4.98 Å². The fourth-order valence-electron chi connectivity index (χ4n) is 1.47. The van der Waals surface area contributed by atoms with Gasteiger partial charge in [0.25, 0.3) is 0 Å². The van der Waals surface area contributed by atoms with Gasteiger partial charge in [0.15, 0.2) is 0 Å². The van der Waals surface area contributed by atoms with Crippen molar-refractivity contribution in [2.75, 3.05) is 0 Å². The zero-order valence-corrected chi connectivity index (χ0v) is 9.84. The summed E-state index contributed by atoms with van der Waals surface area (Å²) in [6.45, 7) is 3.87. The van der Waals surface area contributed by atoms with Crippen LogP contribution in [-0.4, -0.2) is 15.1 Å². The monoisotopic (exact) mass is 230 g/mol. The lowest BCUT2D eigenvalue weighted by atomic mass is 10.3. The van der Waals surface area contributed by atoms with E-state index in [4.69, 9.17) is 9.84 Å². The van der Waals surface area contributed by atoms with Crippen LogP contribution in [0.5, 0.6) is 17.4 Å². The lowest BCUT2D eigenvalue weighted by Crippen LogP contribution is -1.97. The van der Waals surface area contributed by atoms with Crippen molar-refractivity contribution in [1.82, 2.24) is 9.97 Å². The van der Waals surface area contributed by atoms with Crippen molar-refractivity contribution in [1.29, 1.82) is 0 Å². The number of phenols is 1. The van der Waals surface area contributed by atoms with Gasteiger partial charge in [-0.25, -0.2) is 4.98 Å². The van der Waals surface area contributed by atoms with Crippen LogP contribution in [0.25, 0.3) is 0 Å². The third-order valence-electron chi connectivity index (χ3n) is 2.29. The molecule has 0 fully saturated rings. The number of aryl methyl sites for hydroxylation is 2. The molecule has 0 radical (unpaired) electrons. The molecule has 0 aliphatic heterocycles. The van der Waals surface area contributed by atoms with E-state index in [1.54, 1.807) is 24.3 Å².